The Labute approximate surface area is 106 Å². The van der Waals surface area contributed by atoms with Gasteiger partial charge in [-0.05, 0) is 25.5 Å². The summed E-state index contributed by atoms with van der Waals surface area (Å²) < 4.78 is 0. The van der Waals surface area contributed by atoms with E-state index in [1.165, 1.54) is 19.4 Å². The van der Waals surface area contributed by atoms with E-state index in [4.69, 9.17) is 11.1 Å². The molecule has 0 bridgehead atoms. The Balaban J connectivity index is 1.85. The van der Waals surface area contributed by atoms with Crippen LogP contribution < -0.4 is 10.6 Å². The molecule has 0 aromatic carbocycles. The Bertz CT molecular complexity index is 460. The van der Waals surface area contributed by atoms with Crippen molar-refractivity contribution in [3.8, 4) is 0 Å². The van der Waals surface area contributed by atoms with Gasteiger partial charge in [0.05, 0.1) is 11.8 Å². The van der Waals surface area contributed by atoms with E-state index in [0.29, 0.717) is 11.6 Å². The number of piperazine rings is 1. The van der Waals surface area contributed by atoms with E-state index in [1.54, 1.807) is 12.3 Å². The molecule has 3 heterocycles. The van der Waals surface area contributed by atoms with Gasteiger partial charge in [0.1, 0.15) is 5.84 Å². The van der Waals surface area contributed by atoms with Crippen molar-refractivity contribution in [1.82, 2.24) is 15.1 Å². The Morgan fingerprint density at radius 1 is 1.39 bits per heavy atom. The Hall–Kier alpha value is -1.69. The number of amidine groups is 1. The number of nitrogens with one attached hydrogen (secondary N) is 1. The second kappa shape index (κ2) is 4.53. The lowest BCUT2D eigenvalue weighted by Crippen LogP contribution is -2.50. The van der Waals surface area contributed by atoms with Gasteiger partial charge in [-0.3, -0.25) is 10.3 Å². The lowest BCUT2D eigenvalue weighted by molar-refractivity contribution is 0.230. The summed E-state index contributed by atoms with van der Waals surface area (Å²) in [6, 6.07) is 2.40. The topological polar surface area (TPSA) is 82.1 Å². The summed E-state index contributed by atoms with van der Waals surface area (Å²) in [5.41, 5.74) is 6.30. The quantitative estimate of drug-likeness (QED) is 0.569. The average Bonchev–Trinajstić information content (AvgIpc) is 2.85. The summed E-state index contributed by atoms with van der Waals surface area (Å²) in [6.45, 7) is 4.20. The monoisotopic (exact) mass is 246 g/mol. The molecule has 1 aromatic rings. The highest BCUT2D eigenvalue weighted by Crippen LogP contribution is 2.25. The zero-order valence-corrected chi connectivity index (χ0v) is 10.3. The van der Waals surface area contributed by atoms with Crippen molar-refractivity contribution < 1.29 is 0 Å². The summed E-state index contributed by atoms with van der Waals surface area (Å²) in [7, 11) is 0. The first-order valence-electron chi connectivity index (χ1n) is 6.41. The number of nitrogen functional groups attached to an aromatic ring is 1. The fourth-order valence-corrected chi connectivity index (χ4v) is 2.95. The van der Waals surface area contributed by atoms with Crippen molar-refractivity contribution in [2.75, 3.05) is 31.1 Å². The third-order valence-corrected chi connectivity index (χ3v) is 3.88. The molecule has 2 fully saturated rings. The number of anilines is 1. The average molecular weight is 246 g/mol. The van der Waals surface area contributed by atoms with Gasteiger partial charge in [0.15, 0.2) is 5.82 Å². The minimum atomic E-state index is 0.0637. The molecule has 2 saturated heterocycles. The molecule has 0 spiro atoms. The normalized spacial score (nSPS) is 24.0. The number of hydrogen-bond acceptors (Lipinski definition) is 5. The van der Waals surface area contributed by atoms with Gasteiger partial charge >= 0.3 is 0 Å². The number of aromatic nitrogens is 2. The van der Waals surface area contributed by atoms with Crippen molar-refractivity contribution in [2.24, 2.45) is 5.73 Å². The molecular formula is C12H18N6. The Morgan fingerprint density at radius 3 is 3.11 bits per heavy atom. The molecule has 1 aromatic heterocycles. The zero-order valence-electron chi connectivity index (χ0n) is 10.3. The molecule has 3 rings (SSSR count). The van der Waals surface area contributed by atoms with Crippen molar-refractivity contribution >= 4 is 11.7 Å². The molecule has 3 N–H and O–H groups in total. The van der Waals surface area contributed by atoms with Crippen LogP contribution in [0.15, 0.2) is 12.3 Å². The minimum Gasteiger partial charge on any atom is -0.384 e. The second-order valence-electron chi connectivity index (χ2n) is 4.96. The first-order valence-corrected chi connectivity index (χ1v) is 6.41. The maximum Gasteiger partial charge on any atom is 0.162 e. The maximum atomic E-state index is 7.61. The van der Waals surface area contributed by atoms with E-state index in [1.807, 2.05) is 0 Å². The molecule has 96 valence electrons. The molecule has 0 saturated carbocycles. The van der Waals surface area contributed by atoms with Crippen LogP contribution >= 0.6 is 0 Å². The molecule has 18 heavy (non-hydrogen) atoms. The van der Waals surface area contributed by atoms with Crippen molar-refractivity contribution in [1.29, 1.82) is 5.41 Å². The van der Waals surface area contributed by atoms with E-state index in [9.17, 15) is 0 Å². The lowest BCUT2D eigenvalue weighted by Gasteiger charge is -2.38. The number of hydrogen-bond donors (Lipinski definition) is 2. The van der Waals surface area contributed by atoms with E-state index < -0.39 is 0 Å². The fraction of sp³-hybridized carbons (Fsp3) is 0.583. The van der Waals surface area contributed by atoms with Crippen LogP contribution in [0.4, 0.5) is 5.82 Å². The molecule has 2 aliphatic rings. The van der Waals surface area contributed by atoms with Gasteiger partial charge < -0.3 is 10.6 Å². The highest BCUT2D eigenvalue weighted by atomic mass is 15.3. The smallest absolute Gasteiger partial charge is 0.162 e. The predicted octanol–water partition coefficient (Wildman–Crippen LogP) is 0.0451. The molecule has 1 unspecified atom stereocenters. The van der Waals surface area contributed by atoms with Gasteiger partial charge in [0.2, 0.25) is 0 Å². The fourth-order valence-electron chi connectivity index (χ4n) is 2.95. The summed E-state index contributed by atoms with van der Waals surface area (Å²) in [5.74, 6) is 0.824. The zero-order chi connectivity index (χ0) is 12.5. The molecule has 6 nitrogen and oxygen atoms in total. The molecular weight excluding hydrogens is 228 g/mol. The summed E-state index contributed by atoms with van der Waals surface area (Å²) in [6.07, 6.45) is 4.14. The Morgan fingerprint density at radius 2 is 2.28 bits per heavy atom. The maximum absolute atomic E-state index is 7.61. The van der Waals surface area contributed by atoms with Crippen LogP contribution in [-0.2, 0) is 0 Å². The summed E-state index contributed by atoms with van der Waals surface area (Å²) in [5, 5.41) is 15.7. The van der Waals surface area contributed by atoms with Crippen LogP contribution in [0, 0.1) is 5.41 Å². The van der Waals surface area contributed by atoms with Crippen LogP contribution in [-0.4, -0.2) is 53.2 Å². The molecule has 0 aliphatic carbocycles. The second-order valence-corrected chi connectivity index (χ2v) is 4.96. The first-order chi connectivity index (χ1) is 8.75. The Kier molecular flexibility index (Phi) is 2.87. The van der Waals surface area contributed by atoms with Gasteiger partial charge in [-0.25, -0.2) is 0 Å². The van der Waals surface area contributed by atoms with Crippen molar-refractivity contribution in [2.45, 2.75) is 18.9 Å². The predicted molar refractivity (Wildman–Crippen MR) is 69.9 cm³/mol. The van der Waals surface area contributed by atoms with Crippen LogP contribution in [0.5, 0.6) is 0 Å². The standard InChI is InChI=1S/C12H18N6/c13-11(14)10-3-4-15-16-12(10)18-7-6-17-5-1-2-9(17)8-18/h3-4,9H,1-2,5-8H2,(H3,13,14). The van der Waals surface area contributed by atoms with Crippen LogP contribution in [0.1, 0.15) is 18.4 Å². The van der Waals surface area contributed by atoms with E-state index in [2.05, 4.69) is 20.0 Å². The third-order valence-electron chi connectivity index (χ3n) is 3.88. The third kappa shape index (κ3) is 1.92. The van der Waals surface area contributed by atoms with Gasteiger partial charge in [-0.1, -0.05) is 0 Å². The van der Waals surface area contributed by atoms with E-state index in [0.717, 1.165) is 25.5 Å². The lowest BCUT2D eigenvalue weighted by atomic mass is 10.1. The number of nitrogens with zero attached hydrogens (tertiary/aromatic N) is 4. The van der Waals surface area contributed by atoms with E-state index >= 15 is 0 Å². The molecule has 0 amide bonds. The van der Waals surface area contributed by atoms with Gasteiger partial charge in [0.25, 0.3) is 0 Å². The number of fused-ring (bicyclic) bond motifs is 1. The summed E-state index contributed by atoms with van der Waals surface area (Å²) >= 11 is 0. The largest absolute Gasteiger partial charge is 0.384 e. The van der Waals surface area contributed by atoms with Crippen LogP contribution in [0.25, 0.3) is 0 Å². The van der Waals surface area contributed by atoms with Gasteiger partial charge in [-0.2, -0.15) is 5.10 Å². The number of nitrogens with two attached hydrogens (primary N) is 1. The summed E-state index contributed by atoms with van der Waals surface area (Å²) in [4.78, 5) is 4.76. The molecule has 2 aliphatic heterocycles. The number of rotatable bonds is 2. The molecule has 0 radical (unpaired) electrons. The minimum absolute atomic E-state index is 0.0637. The first kappa shape index (κ1) is 11.4. The molecule has 6 heteroatoms. The SMILES string of the molecule is N=C(N)c1ccnnc1N1CCN2CCCC2C1. The highest BCUT2D eigenvalue weighted by Gasteiger charge is 2.32. The van der Waals surface area contributed by atoms with E-state index in [-0.39, 0.29) is 5.84 Å². The van der Waals surface area contributed by atoms with Crippen molar-refractivity contribution in [3.63, 3.8) is 0 Å². The van der Waals surface area contributed by atoms with Crippen LogP contribution in [0.3, 0.4) is 0 Å². The van der Waals surface area contributed by atoms with Crippen molar-refractivity contribution in [3.05, 3.63) is 17.8 Å². The van der Waals surface area contributed by atoms with Gasteiger partial charge in [0, 0.05) is 25.7 Å². The molecule has 1 atom stereocenters. The highest BCUT2D eigenvalue weighted by molar-refractivity contribution is 5.99. The van der Waals surface area contributed by atoms with Gasteiger partial charge in [-0.15, -0.1) is 5.10 Å². The van der Waals surface area contributed by atoms with Crippen LogP contribution in [0.2, 0.25) is 0 Å².